The molecular formula is C12H14O6. The molecule has 0 aliphatic rings. The first-order valence-electron chi connectivity index (χ1n) is 5.22. The van der Waals surface area contributed by atoms with Crippen LogP contribution in [0, 0.1) is 5.92 Å². The number of carbonyl (C=O) groups is 2. The Labute approximate surface area is 103 Å². The quantitative estimate of drug-likeness (QED) is 0.733. The Bertz CT molecular complexity index is 480. The maximum Gasteiger partial charge on any atom is 0.339 e. The molecule has 0 fully saturated rings. The standard InChI is InChI=1S/C12H14O6/c1-6(11(14)15)3-7-4-8(12(16)17)10(13)9(5-7)18-2/h4-6,13H,3H2,1-2H3,(H,14,15)(H,16,17). The largest absolute Gasteiger partial charge is 0.504 e. The van der Waals surface area contributed by atoms with Crippen LogP contribution in [-0.2, 0) is 11.2 Å². The molecule has 98 valence electrons. The second kappa shape index (κ2) is 5.39. The molecular weight excluding hydrogens is 240 g/mol. The molecule has 1 aromatic carbocycles. The van der Waals surface area contributed by atoms with Crippen LogP contribution >= 0.6 is 0 Å². The molecule has 6 nitrogen and oxygen atoms in total. The smallest absolute Gasteiger partial charge is 0.339 e. The summed E-state index contributed by atoms with van der Waals surface area (Å²) in [6, 6.07) is 2.68. The van der Waals surface area contributed by atoms with Crippen LogP contribution in [0.4, 0.5) is 0 Å². The Morgan fingerprint density at radius 1 is 1.33 bits per heavy atom. The maximum absolute atomic E-state index is 10.9. The lowest BCUT2D eigenvalue weighted by molar-refractivity contribution is -0.141. The first-order chi connectivity index (χ1) is 8.36. The molecule has 0 saturated carbocycles. The summed E-state index contributed by atoms with van der Waals surface area (Å²) in [5.41, 5.74) is 0.180. The van der Waals surface area contributed by atoms with Crippen LogP contribution in [0.25, 0.3) is 0 Å². The van der Waals surface area contributed by atoms with Crippen LogP contribution in [0.15, 0.2) is 12.1 Å². The highest BCUT2D eigenvalue weighted by Crippen LogP contribution is 2.32. The SMILES string of the molecule is COc1cc(CC(C)C(=O)O)cc(C(=O)O)c1O. The highest BCUT2D eigenvalue weighted by Gasteiger charge is 2.19. The van der Waals surface area contributed by atoms with Crippen LogP contribution in [0.1, 0.15) is 22.8 Å². The van der Waals surface area contributed by atoms with Crippen LogP contribution in [0.3, 0.4) is 0 Å². The number of benzene rings is 1. The molecule has 1 unspecified atom stereocenters. The number of hydrogen-bond donors (Lipinski definition) is 3. The van der Waals surface area contributed by atoms with Crippen molar-refractivity contribution < 1.29 is 29.6 Å². The van der Waals surface area contributed by atoms with Gasteiger partial charge in [0.1, 0.15) is 5.56 Å². The number of aromatic hydroxyl groups is 1. The number of ether oxygens (including phenoxy) is 1. The first-order valence-corrected chi connectivity index (χ1v) is 5.22. The number of carboxylic acid groups (broad SMARTS) is 2. The topological polar surface area (TPSA) is 104 Å². The van der Waals surface area contributed by atoms with Crippen LogP contribution in [0.5, 0.6) is 11.5 Å². The zero-order valence-corrected chi connectivity index (χ0v) is 10.0. The number of hydrogen-bond acceptors (Lipinski definition) is 4. The Morgan fingerprint density at radius 3 is 2.39 bits per heavy atom. The van der Waals surface area contributed by atoms with E-state index in [1.807, 2.05) is 0 Å². The number of aromatic carboxylic acids is 1. The molecule has 0 amide bonds. The van der Waals surface area contributed by atoms with E-state index in [-0.39, 0.29) is 17.7 Å². The van der Waals surface area contributed by atoms with E-state index >= 15 is 0 Å². The zero-order valence-electron chi connectivity index (χ0n) is 10.0. The van der Waals surface area contributed by atoms with Crippen molar-refractivity contribution in [2.45, 2.75) is 13.3 Å². The molecule has 0 radical (unpaired) electrons. The summed E-state index contributed by atoms with van der Waals surface area (Å²) in [6.45, 7) is 1.52. The lowest BCUT2D eigenvalue weighted by Gasteiger charge is -2.11. The van der Waals surface area contributed by atoms with Gasteiger partial charge in [0.15, 0.2) is 11.5 Å². The Hall–Kier alpha value is -2.24. The third-order valence-electron chi connectivity index (χ3n) is 2.55. The van der Waals surface area contributed by atoms with E-state index in [9.17, 15) is 14.7 Å². The van der Waals surface area contributed by atoms with Crippen molar-refractivity contribution in [3.05, 3.63) is 23.3 Å². The molecule has 0 aliphatic heterocycles. The van der Waals surface area contributed by atoms with E-state index in [1.54, 1.807) is 0 Å². The molecule has 0 heterocycles. The van der Waals surface area contributed by atoms with Gasteiger partial charge >= 0.3 is 11.9 Å². The number of aliphatic carboxylic acids is 1. The highest BCUT2D eigenvalue weighted by atomic mass is 16.5. The van der Waals surface area contributed by atoms with E-state index in [0.717, 1.165) is 0 Å². The fraction of sp³-hybridized carbons (Fsp3) is 0.333. The predicted molar refractivity (Wildman–Crippen MR) is 62.1 cm³/mol. The molecule has 6 heteroatoms. The van der Waals surface area contributed by atoms with Crippen molar-refractivity contribution in [1.82, 2.24) is 0 Å². The third kappa shape index (κ3) is 2.91. The molecule has 1 rings (SSSR count). The Morgan fingerprint density at radius 2 is 1.94 bits per heavy atom. The number of methoxy groups -OCH3 is 1. The van der Waals surface area contributed by atoms with Gasteiger partial charge in [-0.15, -0.1) is 0 Å². The molecule has 0 saturated heterocycles. The van der Waals surface area contributed by atoms with Crippen LogP contribution < -0.4 is 4.74 Å². The van der Waals surface area contributed by atoms with Crippen LogP contribution in [-0.4, -0.2) is 34.4 Å². The summed E-state index contributed by atoms with van der Waals surface area (Å²) >= 11 is 0. The first kappa shape index (κ1) is 13.8. The summed E-state index contributed by atoms with van der Waals surface area (Å²) in [7, 11) is 1.30. The van der Waals surface area contributed by atoms with E-state index < -0.39 is 23.6 Å². The zero-order chi connectivity index (χ0) is 13.9. The molecule has 1 atom stereocenters. The number of carboxylic acids is 2. The molecule has 18 heavy (non-hydrogen) atoms. The maximum atomic E-state index is 10.9. The van der Waals surface area contributed by atoms with Crippen molar-refractivity contribution in [2.24, 2.45) is 5.92 Å². The van der Waals surface area contributed by atoms with Gasteiger partial charge in [-0.3, -0.25) is 4.79 Å². The summed E-state index contributed by atoms with van der Waals surface area (Å²) in [4.78, 5) is 21.7. The number of phenols is 1. The third-order valence-corrected chi connectivity index (χ3v) is 2.55. The Balaban J connectivity index is 3.18. The highest BCUT2D eigenvalue weighted by molar-refractivity contribution is 5.92. The van der Waals surface area contributed by atoms with Gasteiger partial charge < -0.3 is 20.1 Å². The second-order valence-electron chi connectivity index (χ2n) is 3.94. The average Bonchev–Trinajstić information content (AvgIpc) is 2.30. The molecule has 0 bridgehead atoms. The summed E-state index contributed by atoms with van der Waals surface area (Å²) in [5.74, 6) is -3.37. The van der Waals surface area contributed by atoms with E-state index in [0.29, 0.717) is 5.56 Å². The second-order valence-corrected chi connectivity index (χ2v) is 3.94. The molecule has 0 aliphatic carbocycles. The molecule has 3 N–H and O–H groups in total. The minimum atomic E-state index is -1.30. The van der Waals surface area contributed by atoms with Gasteiger partial charge in [0.25, 0.3) is 0 Å². The van der Waals surface area contributed by atoms with Gasteiger partial charge in [0.05, 0.1) is 13.0 Å². The minimum absolute atomic E-state index is 0.0162. The summed E-state index contributed by atoms with van der Waals surface area (Å²) in [6.07, 6.45) is 0.159. The van der Waals surface area contributed by atoms with Gasteiger partial charge in [-0.25, -0.2) is 4.79 Å². The van der Waals surface area contributed by atoms with E-state index in [4.69, 9.17) is 14.9 Å². The van der Waals surface area contributed by atoms with E-state index in [1.165, 1.54) is 26.2 Å². The minimum Gasteiger partial charge on any atom is -0.504 e. The van der Waals surface area contributed by atoms with E-state index in [2.05, 4.69) is 0 Å². The average molecular weight is 254 g/mol. The van der Waals surface area contributed by atoms with Crippen molar-refractivity contribution in [1.29, 1.82) is 0 Å². The van der Waals surface area contributed by atoms with Gasteiger partial charge in [-0.1, -0.05) is 6.92 Å². The van der Waals surface area contributed by atoms with Crippen LogP contribution in [0.2, 0.25) is 0 Å². The number of rotatable bonds is 5. The Kier molecular flexibility index (Phi) is 4.14. The fourth-order valence-corrected chi connectivity index (χ4v) is 1.54. The van der Waals surface area contributed by atoms with Crippen molar-refractivity contribution in [2.75, 3.05) is 7.11 Å². The van der Waals surface area contributed by atoms with Crippen molar-refractivity contribution >= 4 is 11.9 Å². The van der Waals surface area contributed by atoms with Gasteiger partial charge in [0, 0.05) is 0 Å². The summed E-state index contributed by atoms with van der Waals surface area (Å²) in [5, 5.41) is 27.3. The monoisotopic (exact) mass is 254 g/mol. The fourth-order valence-electron chi connectivity index (χ4n) is 1.54. The van der Waals surface area contributed by atoms with Crippen molar-refractivity contribution in [3.63, 3.8) is 0 Å². The lowest BCUT2D eigenvalue weighted by atomic mass is 9.98. The summed E-state index contributed by atoms with van der Waals surface area (Å²) < 4.78 is 4.86. The molecule has 0 aromatic heterocycles. The van der Waals surface area contributed by atoms with Crippen molar-refractivity contribution in [3.8, 4) is 11.5 Å². The van der Waals surface area contributed by atoms with Gasteiger partial charge in [-0.2, -0.15) is 0 Å². The molecule has 1 aromatic rings. The van der Waals surface area contributed by atoms with Gasteiger partial charge in [0.2, 0.25) is 0 Å². The van der Waals surface area contributed by atoms with Gasteiger partial charge in [-0.05, 0) is 24.1 Å². The predicted octanol–water partition coefficient (Wildman–Crippen LogP) is 1.36. The molecule has 0 spiro atoms. The normalized spacial score (nSPS) is 11.9. The lowest BCUT2D eigenvalue weighted by Crippen LogP contribution is -2.13.